The first-order valence-corrected chi connectivity index (χ1v) is 7.30. The fourth-order valence-electron chi connectivity index (χ4n) is 3.07. The highest BCUT2D eigenvalue weighted by Gasteiger charge is 2.23. The standard InChI is InChI=1S/C16H13ClN4/c17-11-6-2-1-4-9(11)13-10-5-3-7-12(10)21-16-14(13)15(18)19-8-20-16/h1-2,4,6,8H,3,5,7H2,(H2,18,19,20,21). The second kappa shape index (κ2) is 4.67. The van der Waals surface area contributed by atoms with Gasteiger partial charge < -0.3 is 5.73 Å². The Morgan fingerprint density at radius 3 is 2.81 bits per heavy atom. The predicted molar refractivity (Wildman–Crippen MR) is 84.2 cm³/mol. The highest BCUT2D eigenvalue weighted by atomic mass is 35.5. The van der Waals surface area contributed by atoms with E-state index >= 15 is 0 Å². The van der Waals surface area contributed by atoms with Gasteiger partial charge in [0.1, 0.15) is 12.1 Å². The Morgan fingerprint density at radius 1 is 1.10 bits per heavy atom. The first kappa shape index (κ1) is 12.5. The molecule has 1 aliphatic rings. The smallest absolute Gasteiger partial charge is 0.165 e. The third kappa shape index (κ3) is 1.87. The van der Waals surface area contributed by atoms with E-state index in [0.717, 1.165) is 41.5 Å². The van der Waals surface area contributed by atoms with Gasteiger partial charge in [-0.05, 0) is 30.9 Å². The Morgan fingerprint density at radius 2 is 1.95 bits per heavy atom. The van der Waals surface area contributed by atoms with Crippen molar-refractivity contribution in [2.24, 2.45) is 0 Å². The van der Waals surface area contributed by atoms with Crippen LogP contribution >= 0.6 is 11.6 Å². The summed E-state index contributed by atoms with van der Waals surface area (Å²) >= 11 is 6.41. The van der Waals surface area contributed by atoms with Crippen LogP contribution in [0.4, 0.5) is 5.82 Å². The van der Waals surface area contributed by atoms with Crippen molar-refractivity contribution >= 4 is 28.5 Å². The van der Waals surface area contributed by atoms with E-state index in [-0.39, 0.29) is 0 Å². The van der Waals surface area contributed by atoms with Crippen molar-refractivity contribution in [1.82, 2.24) is 15.0 Å². The number of anilines is 1. The van der Waals surface area contributed by atoms with Crippen molar-refractivity contribution in [3.05, 3.63) is 46.9 Å². The normalized spacial score (nSPS) is 13.6. The lowest BCUT2D eigenvalue weighted by atomic mass is 9.96. The molecule has 2 N–H and O–H groups in total. The van der Waals surface area contributed by atoms with E-state index < -0.39 is 0 Å². The predicted octanol–water partition coefficient (Wildman–Crippen LogP) is 3.42. The molecule has 0 unspecified atom stereocenters. The minimum Gasteiger partial charge on any atom is -0.383 e. The second-order valence-electron chi connectivity index (χ2n) is 5.20. The van der Waals surface area contributed by atoms with Crippen LogP contribution in [-0.4, -0.2) is 15.0 Å². The van der Waals surface area contributed by atoms with E-state index in [0.29, 0.717) is 16.5 Å². The summed E-state index contributed by atoms with van der Waals surface area (Å²) in [6, 6.07) is 7.82. The summed E-state index contributed by atoms with van der Waals surface area (Å²) in [4.78, 5) is 13.1. The SMILES string of the molecule is Nc1ncnc2nc3c(c(-c4ccccc4Cl)c12)CCC3. The fourth-order valence-corrected chi connectivity index (χ4v) is 3.30. The van der Waals surface area contributed by atoms with Gasteiger partial charge in [-0.15, -0.1) is 0 Å². The van der Waals surface area contributed by atoms with Crippen LogP contribution in [0.25, 0.3) is 22.2 Å². The second-order valence-corrected chi connectivity index (χ2v) is 5.61. The van der Waals surface area contributed by atoms with Gasteiger partial charge in [0.15, 0.2) is 5.65 Å². The van der Waals surface area contributed by atoms with Crippen LogP contribution < -0.4 is 5.73 Å². The van der Waals surface area contributed by atoms with Crippen LogP contribution in [0.2, 0.25) is 5.02 Å². The van der Waals surface area contributed by atoms with Crippen LogP contribution in [-0.2, 0) is 12.8 Å². The molecule has 4 nitrogen and oxygen atoms in total. The van der Waals surface area contributed by atoms with Crippen molar-refractivity contribution in [2.45, 2.75) is 19.3 Å². The maximum atomic E-state index is 6.41. The molecular formula is C16H13ClN4. The molecule has 0 spiro atoms. The van der Waals surface area contributed by atoms with Crippen molar-refractivity contribution in [3.8, 4) is 11.1 Å². The molecule has 2 heterocycles. The molecule has 104 valence electrons. The van der Waals surface area contributed by atoms with Gasteiger partial charge in [-0.3, -0.25) is 0 Å². The van der Waals surface area contributed by atoms with Crippen LogP contribution in [0.3, 0.4) is 0 Å². The van der Waals surface area contributed by atoms with Gasteiger partial charge in [0, 0.05) is 21.8 Å². The molecule has 2 aromatic heterocycles. The molecule has 1 aromatic carbocycles. The van der Waals surface area contributed by atoms with Crippen molar-refractivity contribution in [1.29, 1.82) is 0 Å². The Balaban J connectivity index is 2.19. The number of nitrogen functional groups attached to an aromatic ring is 1. The Kier molecular flexibility index (Phi) is 2.79. The van der Waals surface area contributed by atoms with Crippen LogP contribution in [0.15, 0.2) is 30.6 Å². The summed E-state index contributed by atoms with van der Waals surface area (Å²) in [5.74, 6) is 0.456. The van der Waals surface area contributed by atoms with E-state index in [4.69, 9.17) is 17.3 Å². The highest BCUT2D eigenvalue weighted by Crippen LogP contribution is 2.40. The first-order chi connectivity index (χ1) is 10.3. The van der Waals surface area contributed by atoms with E-state index in [2.05, 4.69) is 15.0 Å². The topological polar surface area (TPSA) is 64.7 Å². The highest BCUT2D eigenvalue weighted by molar-refractivity contribution is 6.34. The van der Waals surface area contributed by atoms with Crippen molar-refractivity contribution in [2.75, 3.05) is 5.73 Å². The fraction of sp³-hybridized carbons (Fsp3) is 0.188. The Labute approximate surface area is 127 Å². The zero-order chi connectivity index (χ0) is 14.4. The molecule has 4 rings (SSSR count). The quantitative estimate of drug-likeness (QED) is 0.747. The lowest BCUT2D eigenvalue weighted by Gasteiger charge is -2.14. The van der Waals surface area contributed by atoms with E-state index in [9.17, 15) is 0 Å². The number of hydrogen-bond donors (Lipinski definition) is 1. The Hall–Kier alpha value is -2.20. The van der Waals surface area contributed by atoms with Crippen LogP contribution in [0.5, 0.6) is 0 Å². The maximum Gasteiger partial charge on any atom is 0.165 e. The average molecular weight is 297 g/mol. The van der Waals surface area contributed by atoms with Gasteiger partial charge in [0.2, 0.25) is 0 Å². The molecule has 0 saturated heterocycles. The molecule has 5 heteroatoms. The molecule has 0 saturated carbocycles. The number of hydrogen-bond acceptors (Lipinski definition) is 4. The largest absolute Gasteiger partial charge is 0.383 e. The lowest BCUT2D eigenvalue weighted by molar-refractivity contribution is 0.900. The van der Waals surface area contributed by atoms with Gasteiger partial charge >= 0.3 is 0 Å². The number of benzene rings is 1. The average Bonchev–Trinajstić information content (AvgIpc) is 2.94. The van der Waals surface area contributed by atoms with Gasteiger partial charge in [-0.2, -0.15) is 0 Å². The number of pyridine rings is 1. The number of rotatable bonds is 1. The molecule has 0 radical (unpaired) electrons. The summed E-state index contributed by atoms with van der Waals surface area (Å²) in [5, 5.41) is 1.52. The Bertz CT molecular complexity index is 860. The third-order valence-corrected chi connectivity index (χ3v) is 4.31. The van der Waals surface area contributed by atoms with E-state index in [1.54, 1.807) is 0 Å². The first-order valence-electron chi connectivity index (χ1n) is 6.92. The summed E-state index contributed by atoms with van der Waals surface area (Å²) in [7, 11) is 0. The maximum absolute atomic E-state index is 6.41. The molecule has 0 fully saturated rings. The van der Waals surface area contributed by atoms with Gasteiger partial charge in [-0.25, -0.2) is 15.0 Å². The number of aryl methyl sites for hydroxylation is 1. The monoisotopic (exact) mass is 296 g/mol. The minimum atomic E-state index is 0.456. The molecule has 0 atom stereocenters. The molecular weight excluding hydrogens is 284 g/mol. The zero-order valence-corrected chi connectivity index (χ0v) is 12.1. The molecule has 3 aromatic rings. The van der Waals surface area contributed by atoms with Crippen molar-refractivity contribution in [3.63, 3.8) is 0 Å². The summed E-state index contributed by atoms with van der Waals surface area (Å²) in [5.41, 5.74) is 11.1. The molecule has 1 aliphatic carbocycles. The van der Waals surface area contributed by atoms with Gasteiger partial charge in [-0.1, -0.05) is 29.8 Å². The van der Waals surface area contributed by atoms with E-state index in [1.165, 1.54) is 11.9 Å². The number of nitrogens with two attached hydrogens (primary N) is 1. The van der Waals surface area contributed by atoms with Gasteiger partial charge in [0.25, 0.3) is 0 Å². The zero-order valence-electron chi connectivity index (χ0n) is 11.3. The summed E-state index contributed by atoms with van der Waals surface area (Å²) in [6.45, 7) is 0. The minimum absolute atomic E-state index is 0.456. The molecule has 0 aliphatic heterocycles. The number of aromatic nitrogens is 3. The van der Waals surface area contributed by atoms with Gasteiger partial charge in [0.05, 0.1) is 5.39 Å². The van der Waals surface area contributed by atoms with Crippen molar-refractivity contribution < 1.29 is 0 Å². The summed E-state index contributed by atoms with van der Waals surface area (Å²) < 4.78 is 0. The van der Waals surface area contributed by atoms with Crippen LogP contribution in [0, 0.1) is 0 Å². The summed E-state index contributed by atoms with van der Waals surface area (Å²) in [6.07, 6.45) is 4.53. The number of nitrogens with zero attached hydrogens (tertiary/aromatic N) is 3. The lowest BCUT2D eigenvalue weighted by Crippen LogP contribution is -2.02. The number of halogens is 1. The van der Waals surface area contributed by atoms with Crippen LogP contribution in [0.1, 0.15) is 17.7 Å². The van der Waals surface area contributed by atoms with E-state index in [1.807, 2.05) is 24.3 Å². The number of fused-ring (bicyclic) bond motifs is 2. The third-order valence-electron chi connectivity index (χ3n) is 3.98. The molecule has 0 amide bonds. The molecule has 21 heavy (non-hydrogen) atoms. The molecule has 0 bridgehead atoms.